The first-order chi connectivity index (χ1) is 13.1. The molecule has 0 aliphatic carbocycles. The number of hydrogen-bond donors (Lipinski definition) is 2. The fraction of sp³-hybridized carbons (Fsp3) is 0.200. The molecule has 0 spiro atoms. The molecule has 0 atom stereocenters. The molecule has 3 aromatic rings. The molecule has 2 N–H and O–H groups in total. The summed E-state index contributed by atoms with van der Waals surface area (Å²) in [6.45, 7) is 4.83. The van der Waals surface area contributed by atoms with Gasteiger partial charge in [0.2, 0.25) is 5.95 Å². The van der Waals surface area contributed by atoms with Gasteiger partial charge in [0.05, 0.1) is 18.4 Å². The van der Waals surface area contributed by atoms with E-state index in [1.807, 2.05) is 6.07 Å². The molecular weight excluding hydrogens is 342 g/mol. The average Bonchev–Trinajstić information content (AvgIpc) is 2.68. The summed E-state index contributed by atoms with van der Waals surface area (Å²) in [5.74, 6) is 0.648. The predicted octanol–water partition coefficient (Wildman–Crippen LogP) is 3.71. The molecule has 3 rings (SSSR count). The van der Waals surface area contributed by atoms with Crippen molar-refractivity contribution in [1.82, 2.24) is 15.2 Å². The van der Waals surface area contributed by atoms with Crippen LogP contribution in [0.4, 0.5) is 17.5 Å². The van der Waals surface area contributed by atoms with Gasteiger partial charge in [0.15, 0.2) is 5.82 Å². The van der Waals surface area contributed by atoms with Crippen LogP contribution in [-0.2, 0) is 11.3 Å². The highest BCUT2D eigenvalue weighted by Gasteiger charge is 2.07. The van der Waals surface area contributed by atoms with Gasteiger partial charge in [0, 0.05) is 12.2 Å². The number of carbonyl (C=O) groups is 1. The van der Waals surface area contributed by atoms with Crippen LogP contribution >= 0.6 is 0 Å². The Kier molecular flexibility index (Phi) is 5.94. The van der Waals surface area contributed by atoms with Crippen molar-refractivity contribution in [2.75, 3.05) is 17.2 Å². The number of rotatable bonds is 7. The van der Waals surface area contributed by atoms with Gasteiger partial charge in [-0.3, -0.25) is 0 Å². The molecule has 2 aromatic carbocycles. The van der Waals surface area contributed by atoms with E-state index in [0.29, 0.717) is 30.5 Å². The van der Waals surface area contributed by atoms with Crippen LogP contribution in [0.15, 0.2) is 54.7 Å². The number of esters is 1. The lowest BCUT2D eigenvalue weighted by Crippen LogP contribution is -2.06. The second kappa shape index (κ2) is 8.75. The molecule has 7 nitrogen and oxygen atoms in total. The van der Waals surface area contributed by atoms with Crippen molar-refractivity contribution in [3.8, 4) is 0 Å². The Labute approximate surface area is 157 Å². The summed E-state index contributed by atoms with van der Waals surface area (Å²) < 4.78 is 4.97. The van der Waals surface area contributed by atoms with Gasteiger partial charge in [0.1, 0.15) is 0 Å². The molecule has 0 unspecified atom stereocenters. The standard InChI is InChI=1S/C20H21N5O2/c1-3-27-19(26)16-7-9-17(10-8-16)23-20-24-18(13-22-25-20)21-12-15-6-4-5-14(2)11-15/h4-11,13H,3,12H2,1-2H3,(H2,21,23,24,25). The highest BCUT2D eigenvalue weighted by molar-refractivity contribution is 5.89. The maximum Gasteiger partial charge on any atom is 0.338 e. The Balaban J connectivity index is 1.62. The van der Waals surface area contributed by atoms with E-state index >= 15 is 0 Å². The van der Waals surface area contributed by atoms with Gasteiger partial charge in [-0.1, -0.05) is 29.8 Å². The van der Waals surface area contributed by atoms with Gasteiger partial charge in [-0.05, 0) is 43.7 Å². The zero-order valence-corrected chi connectivity index (χ0v) is 15.3. The lowest BCUT2D eigenvalue weighted by atomic mass is 10.1. The highest BCUT2D eigenvalue weighted by Crippen LogP contribution is 2.15. The van der Waals surface area contributed by atoms with Crippen LogP contribution in [0.2, 0.25) is 0 Å². The van der Waals surface area contributed by atoms with E-state index in [-0.39, 0.29) is 5.97 Å². The topological polar surface area (TPSA) is 89.0 Å². The molecule has 1 aromatic heterocycles. The zero-order valence-electron chi connectivity index (χ0n) is 15.3. The Bertz CT molecular complexity index is 912. The van der Waals surface area contributed by atoms with Crippen molar-refractivity contribution in [3.63, 3.8) is 0 Å². The monoisotopic (exact) mass is 363 g/mol. The summed E-state index contributed by atoms with van der Waals surface area (Å²) in [7, 11) is 0. The molecule has 0 amide bonds. The molecule has 0 aliphatic rings. The minimum Gasteiger partial charge on any atom is -0.462 e. The summed E-state index contributed by atoms with van der Waals surface area (Å²) in [4.78, 5) is 16.1. The minimum atomic E-state index is -0.343. The number of benzene rings is 2. The van der Waals surface area contributed by atoms with Gasteiger partial charge < -0.3 is 15.4 Å². The first kappa shape index (κ1) is 18.3. The predicted molar refractivity (Wildman–Crippen MR) is 104 cm³/mol. The Morgan fingerprint density at radius 2 is 1.96 bits per heavy atom. The van der Waals surface area contributed by atoms with Crippen molar-refractivity contribution in [1.29, 1.82) is 0 Å². The molecule has 0 aliphatic heterocycles. The van der Waals surface area contributed by atoms with Crippen LogP contribution < -0.4 is 10.6 Å². The van der Waals surface area contributed by atoms with Crippen LogP contribution in [0.3, 0.4) is 0 Å². The van der Waals surface area contributed by atoms with Crippen LogP contribution in [0.1, 0.15) is 28.4 Å². The lowest BCUT2D eigenvalue weighted by Gasteiger charge is -2.09. The third-order valence-electron chi connectivity index (χ3n) is 3.77. The Morgan fingerprint density at radius 3 is 2.70 bits per heavy atom. The highest BCUT2D eigenvalue weighted by atomic mass is 16.5. The van der Waals surface area contributed by atoms with E-state index in [1.54, 1.807) is 37.4 Å². The van der Waals surface area contributed by atoms with Crippen LogP contribution in [0.5, 0.6) is 0 Å². The third-order valence-corrected chi connectivity index (χ3v) is 3.77. The van der Waals surface area contributed by atoms with Crippen LogP contribution in [0, 0.1) is 6.92 Å². The molecular formula is C20H21N5O2. The summed E-state index contributed by atoms with van der Waals surface area (Å²) in [5, 5.41) is 14.3. The maximum atomic E-state index is 11.7. The first-order valence-corrected chi connectivity index (χ1v) is 8.67. The van der Waals surface area contributed by atoms with E-state index < -0.39 is 0 Å². The minimum absolute atomic E-state index is 0.343. The molecule has 1 heterocycles. The molecule has 27 heavy (non-hydrogen) atoms. The normalized spacial score (nSPS) is 10.3. The molecule has 0 bridgehead atoms. The van der Waals surface area contributed by atoms with Crippen molar-refractivity contribution in [2.45, 2.75) is 20.4 Å². The quantitative estimate of drug-likeness (QED) is 0.619. The number of ether oxygens (including phenoxy) is 1. The third kappa shape index (κ3) is 5.24. The fourth-order valence-electron chi connectivity index (χ4n) is 2.49. The van der Waals surface area contributed by atoms with Crippen molar-refractivity contribution >= 4 is 23.4 Å². The van der Waals surface area contributed by atoms with Gasteiger partial charge in [0.25, 0.3) is 0 Å². The number of aryl methyl sites for hydroxylation is 1. The van der Waals surface area contributed by atoms with Gasteiger partial charge in [-0.2, -0.15) is 10.1 Å². The maximum absolute atomic E-state index is 11.7. The Hall–Kier alpha value is -3.48. The molecule has 0 saturated carbocycles. The number of carbonyl (C=O) groups excluding carboxylic acids is 1. The second-order valence-corrected chi connectivity index (χ2v) is 5.93. The van der Waals surface area contributed by atoms with E-state index in [0.717, 1.165) is 11.3 Å². The van der Waals surface area contributed by atoms with Gasteiger partial charge in [-0.25, -0.2) is 4.79 Å². The smallest absolute Gasteiger partial charge is 0.338 e. The number of aromatic nitrogens is 3. The number of anilines is 3. The lowest BCUT2D eigenvalue weighted by molar-refractivity contribution is 0.0526. The summed E-state index contributed by atoms with van der Waals surface area (Å²) in [6, 6.07) is 15.2. The fourth-order valence-corrected chi connectivity index (χ4v) is 2.49. The van der Waals surface area contributed by atoms with E-state index in [1.165, 1.54) is 5.56 Å². The number of nitrogens with zero attached hydrogens (tertiary/aromatic N) is 3. The molecule has 7 heteroatoms. The summed E-state index contributed by atoms with van der Waals surface area (Å²) in [6.07, 6.45) is 1.57. The van der Waals surface area contributed by atoms with E-state index in [2.05, 4.69) is 50.9 Å². The second-order valence-electron chi connectivity index (χ2n) is 5.93. The van der Waals surface area contributed by atoms with Gasteiger partial charge in [-0.15, -0.1) is 5.10 Å². The molecule has 0 radical (unpaired) electrons. The van der Waals surface area contributed by atoms with E-state index in [9.17, 15) is 4.79 Å². The van der Waals surface area contributed by atoms with Crippen molar-refractivity contribution in [2.24, 2.45) is 0 Å². The summed E-state index contributed by atoms with van der Waals surface area (Å²) in [5.41, 5.74) is 3.62. The molecule has 0 fully saturated rings. The Morgan fingerprint density at radius 1 is 1.15 bits per heavy atom. The van der Waals surface area contributed by atoms with E-state index in [4.69, 9.17) is 4.74 Å². The van der Waals surface area contributed by atoms with Crippen LogP contribution in [-0.4, -0.2) is 27.8 Å². The van der Waals surface area contributed by atoms with Crippen LogP contribution in [0.25, 0.3) is 0 Å². The first-order valence-electron chi connectivity index (χ1n) is 8.67. The molecule has 138 valence electrons. The average molecular weight is 363 g/mol. The van der Waals surface area contributed by atoms with Crippen molar-refractivity contribution < 1.29 is 9.53 Å². The largest absolute Gasteiger partial charge is 0.462 e. The number of hydrogen-bond acceptors (Lipinski definition) is 7. The van der Waals surface area contributed by atoms with Gasteiger partial charge >= 0.3 is 5.97 Å². The number of nitrogens with one attached hydrogen (secondary N) is 2. The van der Waals surface area contributed by atoms with Crippen molar-refractivity contribution in [3.05, 3.63) is 71.4 Å². The SMILES string of the molecule is CCOC(=O)c1ccc(Nc2nncc(NCc3cccc(C)c3)n2)cc1. The summed E-state index contributed by atoms with van der Waals surface area (Å²) >= 11 is 0. The molecule has 0 saturated heterocycles. The zero-order chi connectivity index (χ0) is 19.1.